The Morgan fingerprint density at radius 1 is 1.22 bits per heavy atom. The summed E-state index contributed by atoms with van der Waals surface area (Å²) < 4.78 is 49.2. The lowest BCUT2D eigenvalue weighted by Crippen LogP contribution is -2.09. The molecule has 0 saturated heterocycles. The number of nitrogens with two attached hydrogens (primary N) is 1. The minimum Gasteiger partial charge on any atom is -0.493 e. The molecular formula is C19H15F3N2O2S. The molecule has 0 aliphatic carbocycles. The number of alkyl halides is 3. The van der Waals surface area contributed by atoms with E-state index in [1.54, 1.807) is 24.3 Å². The van der Waals surface area contributed by atoms with Crippen LogP contribution in [0.1, 0.15) is 16.7 Å². The van der Waals surface area contributed by atoms with Crippen LogP contribution in [-0.4, -0.2) is 12.1 Å². The monoisotopic (exact) mass is 392 g/mol. The molecule has 0 unspecified atom stereocenters. The van der Waals surface area contributed by atoms with E-state index in [1.165, 1.54) is 19.3 Å². The van der Waals surface area contributed by atoms with Gasteiger partial charge in [-0.25, -0.2) is 0 Å². The van der Waals surface area contributed by atoms with Gasteiger partial charge < -0.3 is 15.2 Å². The van der Waals surface area contributed by atoms with Crippen molar-refractivity contribution in [3.05, 3.63) is 64.7 Å². The predicted molar refractivity (Wildman–Crippen MR) is 99.1 cm³/mol. The second kappa shape index (κ2) is 8.56. The third kappa shape index (κ3) is 5.46. The highest BCUT2D eigenvalue weighted by Gasteiger charge is 2.30. The van der Waals surface area contributed by atoms with Crippen LogP contribution < -0.4 is 15.2 Å². The number of hydrogen-bond acceptors (Lipinski definition) is 4. The maximum absolute atomic E-state index is 12.8. The Balaban J connectivity index is 2.21. The van der Waals surface area contributed by atoms with Crippen molar-refractivity contribution in [3.63, 3.8) is 0 Å². The van der Waals surface area contributed by atoms with Crippen LogP contribution in [0.3, 0.4) is 0 Å². The lowest BCUT2D eigenvalue weighted by molar-refractivity contribution is -0.137. The van der Waals surface area contributed by atoms with E-state index in [4.69, 9.17) is 32.7 Å². The van der Waals surface area contributed by atoms with E-state index in [-0.39, 0.29) is 17.2 Å². The van der Waals surface area contributed by atoms with Crippen LogP contribution in [0, 0.1) is 11.3 Å². The molecule has 0 bridgehead atoms. The quantitative estimate of drug-likeness (QED) is 0.446. The molecule has 0 heterocycles. The molecule has 0 saturated carbocycles. The van der Waals surface area contributed by atoms with Gasteiger partial charge in [-0.3, -0.25) is 0 Å². The number of thiocarbonyl (C=S) groups is 1. The molecule has 140 valence electrons. The van der Waals surface area contributed by atoms with Crippen molar-refractivity contribution in [2.45, 2.75) is 12.8 Å². The molecule has 27 heavy (non-hydrogen) atoms. The van der Waals surface area contributed by atoms with Crippen LogP contribution in [0.25, 0.3) is 6.08 Å². The summed E-state index contributed by atoms with van der Waals surface area (Å²) in [7, 11) is 1.43. The van der Waals surface area contributed by atoms with Crippen LogP contribution in [-0.2, 0) is 12.8 Å². The minimum atomic E-state index is -4.41. The molecule has 0 aliphatic heterocycles. The molecule has 2 aromatic carbocycles. The molecular weight excluding hydrogens is 377 g/mol. The normalized spacial score (nSPS) is 11.6. The van der Waals surface area contributed by atoms with Crippen molar-refractivity contribution in [2.24, 2.45) is 5.73 Å². The van der Waals surface area contributed by atoms with E-state index >= 15 is 0 Å². The van der Waals surface area contributed by atoms with Crippen LogP contribution in [0.4, 0.5) is 13.2 Å². The Morgan fingerprint density at radius 2 is 1.96 bits per heavy atom. The van der Waals surface area contributed by atoms with Crippen molar-refractivity contribution in [2.75, 3.05) is 7.11 Å². The Morgan fingerprint density at radius 3 is 2.56 bits per heavy atom. The number of nitrogens with zero attached hydrogens (tertiary/aromatic N) is 1. The number of ether oxygens (including phenoxy) is 2. The summed E-state index contributed by atoms with van der Waals surface area (Å²) in [4.78, 5) is -0.0265. The van der Waals surface area contributed by atoms with Crippen molar-refractivity contribution in [1.82, 2.24) is 0 Å². The zero-order valence-electron chi connectivity index (χ0n) is 14.2. The first-order chi connectivity index (χ1) is 12.7. The Kier molecular flexibility index (Phi) is 6.42. The topological polar surface area (TPSA) is 68.3 Å². The van der Waals surface area contributed by atoms with Crippen molar-refractivity contribution >= 4 is 23.3 Å². The van der Waals surface area contributed by atoms with E-state index in [0.29, 0.717) is 22.6 Å². The predicted octanol–water partition coefficient (Wildman–Crippen LogP) is 4.49. The second-order valence-electron chi connectivity index (χ2n) is 5.43. The highest BCUT2D eigenvalue weighted by molar-refractivity contribution is 7.80. The summed E-state index contributed by atoms with van der Waals surface area (Å²) in [5, 5.41) is 9.01. The molecule has 8 heteroatoms. The van der Waals surface area contributed by atoms with E-state index in [0.717, 1.165) is 12.1 Å². The molecule has 0 aliphatic rings. The van der Waals surface area contributed by atoms with Gasteiger partial charge in [-0.1, -0.05) is 30.4 Å². The molecule has 0 atom stereocenters. The molecule has 0 fully saturated rings. The molecule has 2 N–H and O–H groups in total. The maximum atomic E-state index is 12.8. The third-order valence-corrected chi connectivity index (χ3v) is 3.75. The van der Waals surface area contributed by atoms with Gasteiger partial charge in [0, 0.05) is 0 Å². The van der Waals surface area contributed by atoms with Gasteiger partial charge in [0.15, 0.2) is 11.5 Å². The number of nitriles is 1. The lowest BCUT2D eigenvalue weighted by atomic mass is 10.1. The molecule has 0 spiro atoms. The maximum Gasteiger partial charge on any atom is 0.416 e. The molecule has 2 aromatic rings. The molecule has 4 nitrogen and oxygen atoms in total. The van der Waals surface area contributed by atoms with Gasteiger partial charge in [0.2, 0.25) is 0 Å². The average Bonchev–Trinajstić information content (AvgIpc) is 2.64. The Labute approximate surface area is 159 Å². The smallest absolute Gasteiger partial charge is 0.416 e. The molecule has 2 rings (SSSR count). The summed E-state index contributed by atoms with van der Waals surface area (Å²) in [6.45, 7) is -0.0637. The van der Waals surface area contributed by atoms with E-state index in [9.17, 15) is 13.2 Å². The van der Waals surface area contributed by atoms with Gasteiger partial charge in [-0.2, -0.15) is 18.4 Å². The summed E-state index contributed by atoms with van der Waals surface area (Å²) in [6.07, 6.45) is -2.91. The van der Waals surface area contributed by atoms with Gasteiger partial charge in [-0.15, -0.1) is 0 Å². The average molecular weight is 392 g/mol. The van der Waals surface area contributed by atoms with Crippen molar-refractivity contribution in [3.8, 4) is 17.6 Å². The Hall–Kier alpha value is -3.05. The van der Waals surface area contributed by atoms with Crippen LogP contribution in [0.15, 0.2) is 48.0 Å². The van der Waals surface area contributed by atoms with Crippen molar-refractivity contribution in [1.29, 1.82) is 5.26 Å². The summed E-state index contributed by atoms with van der Waals surface area (Å²) in [5.41, 5.74) is 5.85. The first kappa shape index (κ1) is 20.3. The fourth-order valence-corrected chi connectivity index (χ4v) is 2.32. The number of methoxy groups -OCH3 is 1. The molecule has 0 amide bonds. The first-order valence-electron chi connectivity index (χ1n) is 7.63. The highest BCUT2D eigenvalue weighted by atomic mass is 32.1. The second-order valence-corrected chi connectivity index (χ2v) is 5.87. The lowest BCUT2D eigenvalue weighted by Gasteiger charge is -2.13. The standard InChI is InChI=1S/C19H15F3N2O2S/c1-25-17-9-12(7-14(10-23)18(24)27)5-6-16(17)26-11-13-3-2-4-15(8-13)19(20,21)22/h2-9H,11H2,1H3,(H2,24,27). The third-order valence-electron chi connectivity index (χ3n) is 3.53. The van der Waals surface area contributed by atoms with Gasteiger partial charge in [-0.05, 0) is 41.5 Å². The van der Waals surface area contributed by atoms with Crippen molar-refractivity contribution < 1.29 is 22.6 Å². The van der Waals surface area contributed by atoms with Crippen LogP contribution in [0.2, 0.25) is 0 Å². The van der Waals surface area contributed by atoms with E-state index < -0.39 is 11.7 Å². The van der Waals surface area contributed by atoms with Gasteiger partial charge >= 0.3 is 6.18 Å². The number of benzene rings is 2. The number of rotatable bonds is 6. The summed E-state index contributed by atoms with van der Waals surface area (Å²) in [6, 6.07) is 11.6. The first-order valence-corrected chi connectivity index (χ1v) is 8.04. The molecule has 0 radical (unpaired) electrons. The van der Waals surface area contributed by atoms with E-state index in [2.05, 4.69) is 0 Å². The number of hydrogen-bond donors (Lipinski definition) is 1. The van der Waals surface area contributed by atoms with E-state index in [1.807, 2.05) is 6.07 Å². The summed E-state index contributed by atoms with van der Waals surface area (Å²) >= 11 is 4.79. The van der Waals surface area contributed by atoms with Gasteiger partial charge in [0.1, 0.15) is 17.7 Å². The largest absolute Gasteiger partial charge is 0.493 e. The fraction of sp³-hybridized carbons (Fsp3) is 0.158. The zero-order chi connectivity index (χ0) is 20.0. The van der Waals surface area contributed by atoms with Gasteiger partial charge in [0.25, 0.3) is 0 Å². The highest BCUT2D eigenvalue weighted by Crippen LogP contribution is 2.32. The minimum absolute atomic E-state index is 0.0265. The molecule has 0 aromatic heterocycles. The van der Waals surface area contributed by atoms with Gasteiger partial charge in [0.05, 0.1) is 18.2 Å². The SMILES string of the molecule is COc1cc(C=C(C#N)C(N)=S)ccc1OCc1cccc(C(F)(F)F)c1. The van der Waals surface area contributed by atoms with Crippen LogP contribution >= 0.6 is 12.2 Å². The number of halogens is 3. The zero-order valence-corrected chi connectivity index (χ0v) is 15.0. The fourth-order valence-electron chi connectivity index (χ4n) is 2.22. The Bertz CT molecular complexity index is 918. The summed E-state index contributed by atoms with van der Waals surface area (Å²) in [5.74, 6) is 0.705. The van der Waals surface area contributed by atoms with Crippen LogP contribution in [0.5, 0.6) is 11.5 Å².